The van der Waals surface area contributed by atoms with Crippen LogP contribution in [-0.2, 0) is 0 Å². The van der Waals surface area contributed by atoms with Crippen molar-refractivity contribution >= 4 is 104 Å². The number of nitrogens with zero attached hydrogens (tertiary/aromatic N) is 1. The van der Waals surface area contributed by atoms with Crippen LogP contribution in [0.1, 0.15) is 0 Å². The first-order valence-corrected chi connectivity index (χ1v) is 16.7. The molecule has 0 bridgehead atoms. The lowest BCUT2D eigenvalue weighted by atomic mass is 9.93. The highest BCUT2D eigenvalue weighted by Crippen LogP contribution is 2.47. The minimum Gasteiger partial charge on any atom is -0.456 e. The fourth-order valence-corrected chi connectivity index (χ4v) is 8.03. The number of hydrogen-bond donors (Lipinski definition) is 0. The van der Waals surface area contributed by atoms with Crippen molar-refractivity contribution in [3.05, 3.63) is 164 Å². The van der Waals surface area contributed by atoms with E-state index in [1.54, 1.807) is 0 Å². The van der Waals surface area contributed by atoms with Crippen LogP contribution >= 0.6 is 0 Å². The average Bonchev–Trinajstić information content (AvgIpc) is 3.73. The molecule has 0 aliphatic carbocycles. The summed E-state index contributed by atoms with van der Waals surface area (Å²) in [6.07, 6.45) is 0. The standard InChI is InChI=1S/C46H27NO2/c1-2-13-32-30(11-1)31-12-3-4-14-33(31)39-25-28(21-23-34(32)39)47(29-22-24-45-40(26-29)36-16-7-9-19-43(36)48-45)42-27-41-37-17-8-10-20-44(37)49-46(41)38-18-6-5-15-35(38)42/h1-27H. The topological polar surface area (TPSA) is 29.5 Å². The molecule has 2 aromatic heterocycles. The Morgan fingerprint density at radius 3 is 1.41 bits per heavy atom. The summed E-state index contributed by atoms with van der Waals surface area (Å²) in [4.78, 5) is 2.41. The van der Waals surface area contributed by atoms with E-state index in [1.807, 2.05) is 18.2 Å². The van der Waals surface area contributed by atoms with Crippen molar-refractivity contribution in [1.82, 2.24) is 0 Å². The van der Waals surface area contributed by atoms with Crippen LogP contribution < -0.4 is 4.90 Å². The Hall–Kier alpha value is -6.58. The zero-order valence-corrected chi connectivity index (χ0v) is 26.4. The molecule has 0 saturated heterocycles. The van der Waals surface area contributed by atoms with E-state index in [0.29, 0.717) is 0 Å². The van der Waals surface area contributed by atoms with Gasteiger partial charge in [0.15, 0.2) is 0 Å². The van der Waals surface area contributed by atoms with Crippen molar-refractivity contribution in [2.45, 2.75) is 0 Å². The van der Waals surface area contributed by atoms with Gasteiger partial charge in [0.05, 0.1) is 5.69 Å². The Morgan fingerprint density at radius 1 is 0.286 bits per heavy atom. The highest BCUT2D eigenvalue weighted by Gasteiger charge is 2.22. The zero-order valence-electron chi connectivity index (χ0n) is 26.4. The van der Waals surface area contributed by atoms with Gasteiger partial charge in [-0.25, -0.2) is 0 Å². The molecule has 0 aliphatic rings. The quantitative estimate of drug-likeness (QED) is 0.183. The van der Waals surface area contributed by atoms with Gasteiger partial charge in [-0.2, -0.15) is 0 Å². The third-order valence-corrected chi connectivity index (χ3v) is 10.2. The summed E-state index contributed by atoms with van der Waals surface area (Å²) >= 11 is 0. The number of benzene rings is 9. The maximum Gasteiger partial charge on any atom is 0.143 e. The minimum absolute atomic E-state index is 0.877. The van der Waals surface area contributed by atoms with Crippen molar-refractivity contribution in [3.63, 3.8) is 0 Å². The molecular weight excluding hydrogens is 599 g/mol. The number of hydrogen-bond acceptors (Lipinski definition) is 3. The summed E-state index contributed by atoms with van der Waals surface area (Å²) in [5, 5.41) is 14.1. The molecule has 3 heteroatoms. The molecule has 11 rings (SSSR count). The van der Waals surface area contributed by atoms with Crippen molar-refractivity contribution < 1.29 is 8.83 Å². The van der Waals surface area contributed by atoms with Crippen LogP contribution in [0.4, 0.5) is 17.1 Å². The van der Waals surface area contributed by atoms with E-state index in [2.05, 4.69) is 150 Å². The fraction of sp³-hybridized carbons (Fsp3) is 0. The van der Waals surface area contributed by atoms with Crippen LogP contribution in [-0.4, -0.2) is 0 Å². The summed E-state index contributed by atoms with van der Waals surface area (Å²) in [5.41, 5.74) is 6.79. The van der Waals surface area contributed by atoms with Crippen molar-refractivity contribution in [2.24, 2.45) is 0 Å². The molecule has 0 N–H and O–H groups in total. The van der Waals surface area contributed by atoms with Crippen LogP contribution in [0.15, 0.2) is 173 Å². The Balaban J connectivity index is 1.27. The molecule has 3 nitrogen and oxygen atoms in total. The molecule has 0 fully saturated rings. The fourth-order valence-electron chi connectivity index (χ4n) is 8.03. The molecule has 11 aromatic rings. The second-order valence-electron chi connectivity index (χ2n) is 12.9. The Labute approximate surface area is 280 Å². The predicted molar refractivity (Wildman–Crippen MR) is 206 cm³/mol. The molecule has 228 valence electrons. The molecule has 0 spiro atoms. The van der Waals surface area contributed by atoms with Crippen LogP contribution in [0.25, 0.3) is 87.0 Å². The van der Waals surface area contributed by atoms with Gasteiger partial charge in [-0.15, -0.1) is 0 Å². The predicted octanol–water partition coefficient (Wildman–Crippen LogP) is 13.6. The summed E-state index contributed by atoms with van der Waals surface area (Å²) < 4.78 is 12.8. The number of furan rings is 2. The number of rotatable bonds is 3. The second-order valence-corrected chi connectivity index (χ2v) is 12.9. The lowest BCUT2D eigenvalue weighted by molar-refractivity contribution is 0.669. The molecule has 0 saturated carbocycles. The van der Waals surface area contributed by atoms with Crippen LogP contribution in [0.5, 0.6) is 0 Å². The first kappa shape index (κ1) is 26.5. The normalized spacial score (nSPS) is 12.1. The largest absolute Gasteiger partial charge is 0.456 e. The van der Waals surface area contributed by atoms with Gasteiger partial charge in [0, 0.05) is 43.7 Å². The molecular formula is C46H27NO2. The van der Waals surface area contributed by atoms with Crippen LogP contribution in [0, 0.1) is 0 Å². The van der Waals surface area contributed by atoms with E-state index >= 15 is 0 Å². The van der Waals surface area contributed by atoms with Gasteiger partial charge in [-0.1, -0.05) is 115 Å². The lowest BCUT2D eigenvalue weighted by Crippen LogP contribution is -2.10. The van der Waals surface area contributed by atoms with Gasteiger partial charge in [0.2, 0.25) is 0 Å². The molecule has 0 aliphatic heterocycles. The van der Waals surface area contributed by atoms with Crippen molar-refractivity contribution in [3.8, 4) is 0 Å². The van der Waals surface area contributed by atoms with E-state index in [1.165, 1.54) is 32.3 Å². The van der Waals surface area contributed by atoms with Crippen molar-refractivity contribution in [1.29, 1.82) is 0 Å². The highest BCUT2D eigenvalue weighted by atomic mass is 16.3. The monoisotopic (exact) mass is 625 g/mol. The average molecular weight is 626 g/mol. The van der Waals surface area contributed by atoms with E-state index in [9.17, 15) is 0 Å². The molecule has 2 heterocycles. The lowest BCUT2D eigenvalue weighted by Gasteiger charge is -2.28. The van der Waals surface area contributed by atoms with Gasteiger partial charge in [-0.05, 0) is 80.8 Å². The van der Waals surface area contributed by atoms with Crippen molar-refractivity contribution in [2.75, 3.05) is 4.90 Å². The summed E-state index contributed by atoms with van der Waals surface area (Å²) in [7, 11) is 0. The van der Waals surface area contributed by atoms with Gasteiger partial charge in [-0.3, -0.25) is 0 Å². The Morgan fingerprint density at radius 2 is 0.735 bits per heavy atom. The maximum absolute atomic E-state index is 6.52. The van der Waals surface area contributed by atoms with Gasteiger partial charge < -0.3 is 13.7 Å². The highest BCUT2D eigenvalue weighted by molar-refractivity contribution is 6.26. The minimum atomic E-state index is 0.877. The first-order chi connectivity index (χ1) is 24.3. The zero-order chi connectivity index (χ0) is 32.1. The Kier molecular flexibility index (Phi) is 5.38. The molecule has 49 heavy (non-hydrogen) atoms. The van der Waals surface area contributed by atoms with Gasteiger partial charge >= 0.3 is 0 Å². The van der Waals surface area contributed by atoms with Crippen LogP contribution in [0.2, 0.25) is 0 Å². The number of anilines is 3. The van der Waals surface area contributed by atoms with E-state index in [4.69, 9.17) is 8.83 Å². The van der Waals surface area contributed by atoms with E-state index in [-0.39, 0.29) is 0 Å². The first-order valence-electron chi connectivity index (χ1n) is 16.7. The molecule has 0 amide bonds. The van der Waals surface area contributed by atoms with Gasteiger partial charge in [0.1, 0.15) is 22.3 Å². The Bertz CT molecular complexity index is 3090. The molecule has 0 atom stereocenters. The number of fused-ring (bicyclic) bond motifs is 14. The van der Waals surface area contributed by atoms with E-state index < -0.39 is 0 Å². The maximum atomic E-state index is 6.52. The second kappa shape index (κ2) is 9.96. The third-order valence-electron chi connectivity index (χ3n) is 10.2. The SMILES string of the molecule is c1ccc2c(c1)oc1ccc(N(c3ccc4c5ccccc5c5ccccc5c4c3)c3cc4c5ccccc5oc4c4ccccc34)cc12. The third kappa shape index (κ3) is 3.78. The summed E-state index contributed by atoms with van der Waals surface area (Å²) in [6.45, 7) is 0. The number of para-hydroxylation sites is 2. The molecule has 9 aromatic carbocycles. The summed E-state index contributed by atoms with van der Waals surface area (Å²) in [5.74, 6) is 0. The smallest absolute Gasteiger partial charge is 0.143 e. The summed E-state index contributed by atoms with van der Waals surface area (Å²) in [6, 6.07) is 58.5. The molecule has 0 radical (unpaired) electrons. The van der Waals surface area contributed by atoms with Gasteiger partial charge in [0.25, 0.3) is 0 Å². The van der Waals surface area contributed by atoms with Crippen LogP contribution in [0.3, 0.4) is 0 Å². The molecule has 0 unspecified atom stereocenters. The van der Waals surface area contributed by atoms with E-state index in [0.717, 1.165) is 71.7 Å².